The molecule has 0 aliphatic carbocycles. The van der Waals surface area contributed by atoms with Crippen molar-refractivity contribution < 1.29 is 0 Å². The van der Waals surface area contributed by atoms with E-state index in [-0.39, 0.29) is 0 Å². The molecule has 0 saturated carbocycles. The molecule has 1 aromatic rings. The van der Waals surface area contributed by atoms with E-state index in [1.807, 2.05) is 6.20 Å². The third kappa shape index (κ3) is 4.42. The van der Waals surface area contributed by atoms with Gasteiger partial charge >= 0.3 is 0 Å². The molecule has 1 unspecified atom stereocenters. The molecule has 1 fully saturated rings. The number of nitrogens with zero attached hydrogens (tertiary/aromatic N) is 3. The molecule has 1 atom stereocenters. The van der Waals surface area contributed by atoms with Gasteiger partial charge in [-0.2, -0.15) is 0 Å². The molecule has 2 rings (SSSR count). The van der Waals surface area contributed by atoms with Crippen LogP contribution in [0, 0.1) is 0 Å². The summed E-state index contributed by atoms with van der Waals surface area (Å²) < 4.78 is 0. The minimum Gasteiger partial charge on any atom is -0.355 e. The Kier molecular flexibility index (Phi) is 6.00. The van der Waals surface area contributed by atoms with Crippen molar-refractivity contribution in [1.29, 1.82) is 0 Å². The molecule has 0 aromatic carbocycles. The molecule has 1 N–H and O–H groups in total. The number of hydrogen-bond donors (Lipinski definition) is 1. The molecule has 1 aliphatic rings. The number of hydrogen-bond acceptors (Lipinski definition) is 4. The van der Waals surface area contributed by atoms with Gasteiger partial charge in [-0.25, -0.2) is 4.98 Å². The van der Waals surface area contributed by atoms with Gasteiger partial charge in [-0.3, -0.25) is 4.90 Å². The number of aromatic nitrogens is 1. The Bertz CT molecular complexity index is 429. The van der Waals surface area contributed by atoms with Crippen LogP contribution in [0.1, 0.15) is 39.7 Å². The van der Waals surface area contributed by atoms with Crippen LogP contribution in [-0.4, -0.2) is 48.1 Å². The topological polar surface area (TPSA) is 31.4 Å². The van der Waals surface area contributed by atoms with Gasteiger partial charge in [0.2, 0.25) is 0 Å². The summed E-state index contributed by atoms with van der Waals surface area (Å²) in [5.74, 6) is 1.13. The molecule has 1 saturated heterocycles. The Morgan fingerprint density at radius 3 is 2.81 bits per heavy atom. The summed E-state index contributed by atoms with van der Waals surface area (Å²) in [7, 11) is 0. The van der Waals surface area contributed by atoms with Crippen LogP contribution in [0.3, 0.4) is 0 Å². The van der Waals surface area contributed by atoms with Gasteiger partial charge in [0.05, 0.1) is 0 Å². The first kappa shape index (κ1) is 16.2. The minimum absolute atomic E-state index is 0.514. The van der Waals surface area contributed by atoms with E-state index in [4.69, 9.17) is 0 Å². The van der Waals surface area contributed by atoms with Crippen LogP contribution >= 0.6 is 0 Å². The van der Waals surface area contributed by atoms with E-state index < -0.39 is 0 Å². The van der Waals surface area contributed by atoms with Gasteiger partial charge < -0.3 is 10.2 Å². The molecule has 21 heavy (non-hydrogen) atoms. The van der Waals surface area contributed by atoms with E-state index in [1.165, 1.54) is 12.0 Å². The van der Waals surface area contributed by atoms with Crippen molar-refractivity contribution in [2.75, 3.05) is 31.1 Å². The zero-order valence-corrected chi connectivity index (χ0v) is 14.0. The SMILES string of the molecule is CCN(CC)C1CCN(c2cc(CNC(C)C)ccn2)C1. The monoisotopic (exact) mass is 290 g/mol. The lowest BCUT2D eigenvalue weighted by Gasteiger charge is -2.26. The van der Waals surface area contributed by atoms with Crippen LogP contribution in [0.5, 0.6) is 0 Å². The summed E-state index contributed by atoms with van der Waals surface area (Å²) >= 11 is 0. The van der Waals surface area contributed by atoms with Gasteiger partial charge in [-0.1, -0.05) is 27.7 Å². The summed E-state index contributed by atoms with van der Waals surface area (Å²) in [6, 6.07) is 5.54. The zero-order valence-electron chi connectivity index (χ0n) is 14.0. The average Bonchev–Trinajstić information content (AvgIpc) is 2.96. The number of nitrogens with one attached hydrogen (secondary N) is 1. The second-order valence-electron chi connectivity index (χ2n) is 6.17. The number of likely N-dealkylation sites (N-methyl/N-ethyl adjacent to an activating group) is 1. The van der Waals surface area contributed by atoms with Crippen molar-refractivity contribution in [2.45, 2.75) is 52.7 Å². The fraction of sp³-hybridized carbons (Fsp3) is 0.706. The predicted octanol–water partition coefficient (Wildman–Crippen LogP) is 2.50. The van der Waals surface area contributed by atoms with Crippen LogP contribution < -0.4 is 10.2 Å². The summed E-state index contributed by atoms with van der Waals surface area (Å²) in [5, 5.41) is 3.47. The van der Waals surface area contributed by atoms with Crippen LogP contribution in [0.15, 0.2) is 18.3 Å². The highest BCUT2D eigenvalue weighted by molar-refractivity contribution is 5.42. The number of rotatable bonds is 7. The smallest absolute Gasteiger partial charge is 0.128 e. The molecule has 0 spiro atoms. The average molecular weight is 290 g/mol. The first-order valence-electron chi connectivity index (χ1n) is 8.31. The van der Waals surface area contributed by atoms with Crippen LogP contribution in [-0.2, 0) is 6.54 Å². The highest BCUT2D eigenvalue weighted by Gasteiger charge is 2.26. The maximum absolute atomic E-state index is 4.57. The summed E-state index contributed by atoms with van der Waals surface area (Å²) in [6.45, 7) is 14.3. The molecule has 1 aromatic heterocycles. The second kappa shape index (κ2) is 7.76. The summed E-state index contributed by atoms with van der Waals surface area (Å²) in [4.78, 5) is 9.57. The lowest BCUT2D eigenvalue weighted by atomic mass is 10.2. The molecule has 0 radical (unpaired) electrons. The first-order chi connectivity index (χ1) is 10.1. The number of pyridine rings is 1. The molecule has 118 valence electrons. The van der Waals surface area contributed by atoms with E-state index in [1.54, 1.807) is 0 Å². The van der Waals surface area contributed by atoms with Gasteiger partial charge in [-0.15, -0.1) is 0 Å². The fourth-order valence-electron chi connectivity index (χ4n) is 3.05. The van der Waals surface area contributed by atoms with E-state index >= 15 is 0 Å². The van der Waals surface area contributed by atoms with Crippen LogP contribution in [0.4, 0.5) is 5.82 Å². The second-order valence-corrected chi connectivity index (χ2v) is 6.17. The fourth-order valence-corrected chi connectivity index (χ4v) is 3.05. The van der Waals surface area contributed by atoms with Crippen molar-refractivity contribution in [3.63, 3.8) is 0 Å². The van der Waals surface area contributed by atoms with Gasteiger partial charge in [-0.05, 0) is 37.2 Å². The maximum Gasteiger partial charge on any atom is 0.128 e. The minimum atomic E-state index is 0.514. The van der Waals surface area contributed by atoms with Crippen LogP contribution in [0.25, 0.3) is 0 Å². The normalized spacial score (nSPS) is 19.0. The Morgan fingerprint density at radius 2 is 2.14 bits per heavy atom. The van der Waals surface area contributed by atoms with Crippen molar-refractivity contribution in [1.82, 2.24) is 15.2 Å². The van der Waals surface area contributed by atoms with Gasteiger partial charge in [0.15, 0.2) is 0 Å². The van der Waals surface area contributed by atoms with E-state index in [0.29, 0.717) is 12.1 Å². The highest BCUT2D eigenvalue weighted by Crippen LogP contribution is 2.22. The molecular formula is C17H30N4. The van der Waals surface area contributed by atoms with E-state index in [2.05, 4.69) is 59.9 Å². The standard InChI is InChI=1S/C17H30N4/c1-5-20(6-2)16-8-10-21(13-16)17-11-15(7-9-18-17)12-19-14(3)4/h7,9,11,14,16,19H,5-6,8,10,12-13H2,1-4H3. The largest absolute Gasteiger partial charge is 0.355 e. The van der Waals surface area contributed by atoms with Gasteiger partial charge in [0, 0.05) is 37.9 Å². The third-order valence-electron chi connectivity index (χ3n) is 4.34. The zero-order chi connectivity index (χ0) is 15.2. The van der Waals surface area contributed by atoms with Crippen molar-refractivity contribution in [3.05, 3.63) is 23.9 Å². The van der Waals surface area contributed by atoms with Crippen molar-refractivity contribution >= 4 is 5.82 Å². The molecule has 1 aliphatic heterocycles. The lowest BCUT2D eigenvalue weighted by molar-refractivity contribution is 0.232. The maximum atomic E-state index is 4.57. The molecule has 0 amide bonds. The Balaban J connectivity index is 1.98. The van der Waals surface area contributed by atoms with E-state index in [9.17, 15) is 0 Å². The van der Waals surface area contributed by atoms with Crippen molar-refractivity contribution in [2.24, 2.45) is 0 Å². The highest BCUT2D eigenvalue weighted by atomic mass is 15.3. The lowest BCUT2D eigenvalue weighted by Crippen LogP contribution is -2.37. The quantitative estimate of drug-likeness (QED) is 0.836. The molecule has 4 nitrogen and oxygen atoms in total. The Labute approximate surface area is 129 Å². The Morgan fingerprint density at radius 1 is 1.38 bits per heavy atom. The third-order valence-corrected chi connectivity index (χ3v) is 4.34. The van der Waals surface area contributed by atoms with Crippen molar-refractivity contribution in [3.8, 4) is 0 Å². The molecular weight excluding hydrogens is 260 g/mol. The number of anilines is 1. The molecule has 0 bridgehead atoms. The first-order valence-corrected chi connectivity index (χ1v) is 8.31. The predicted molar refractivity (Wildman–Crippen MR) is 89.8 cm³/mol. The Hall–Kier alpha value is -1.13. The summed E-state index contributed by atoms with van der Waals surface area (Å²) in [5.41, 5.74) is 1.32. The van der Waals surface area contributed by atoms with Crippen LogP contribution in [0.2, 0.25) is 0 Å². The van der Waals surface area contributed by atoms with E-state index in [0.717, 1.165) is 38.5 Å². The molecule has 4 heteroatoms. The molecule has 2 heterocycles. The van der Waals surface area contributed by atoms with Gasteiger partial charge in [0.25, 0.3) is 0 Å². The summed E-state index contributed by atoms with van der Waals surface area (Å²) in [6.07, 6.45) is 3.19. The van der Waals surface area contributed by atoms with Gasteiger partial charge in [0.1, 0.15) is 5.82 Å².